The second-order valence-corrected chi connectivity index (χ2v) is 6.63. The third-order valence-electron chi connectivity index (χ3n) is 3.95. The molecule has 4 heteroatoms. The van der Waals surface area contributed by atoms with Crippen molar-refractivity contribution in [2.24, 2.45) is 0 Å². The first-order chi connectivity index (χ1) is 12.4. The minimum atomic E-state index is -0.726. The molecule has 0 aliphatic carbocycles. The van der Waals surface area contributed by atoms with Gasteiger partial charge in [-0.2, -0.15) is 0 Å². The molecule has 2 aromatic carbocycles. The van der Waals surface area contributed by atoms with Crippen molar-refractivity contribution < 1.29 is 9.18 Å². The molecule has 0 aliphatic heterocycles. The number of nitrogens with one attached hydrogen (secondary N) is 1. The summed E-state index contributed by atoms with van der Waals surface area (Å²) in [5.74, 6) is 5.46. The van der Waals surface area contributed by atoms with Crippen molar-refractivity contribution in [1.82, 2.24) is 10.3 Å². The van der Waals surface area contributed by atoms with Gasteiger partial charge in [0.15, 0.2) is 0 Å². The lowest BCUT2D eigenvalue weighted by Gasteiger charge is -2.20. The molecule has 1 N–H and O–H groups in total. The Morgan fingerprint density at radius 2 is 1.85 bits per heavy atom. The first-order valence-corrected chi connectivity index (χ1v) is 8.32. The fraction of sp³-hybridized carbons (Fsp3) is 0.182. The number of carbonyl (C=O) groups excluding carboxylic acids is 1. The number of hydrogen-bond donors (Lipinski definition) is 1. The van der Waals surface area contributed by atoms with Crippen LogP contribution in [0.2, 0.25) is 0 Å². The van der Waals surface area contributed by atoms with Crippen LogP contribution in [0.4, 0.5) is 4.39 Å². The number of amides is 1. The molecule has 26 heavy (non-hydrogen) atoms. The van der Waals surface area contributed by atoms with Crippen LogP contribution >= 0.6 is 0 Å². The number of hydrogen-bond acceptors (Lipinski definition) is 2. The SMILES string of the molecule is Cc1nc2c(F)cccc2cc1C(=O)NC(C)(C)C#Cc1ccccc1. The number of carbonyl (C=O) groups is 1. The fourth-order valence-corrected chi connectivity index (χ4v) is 2.62. The first-order valence-electron chi connectivity index (χ1n) is 8.32. The Morgan fingerprint density at radius 3 is 2.58 bits per heavy atom. The van der Waals surface area contributed by atoms with E-state index in [0.717, 1.165) is 5.56 Å². The van der Waals surface area contributed by atoms with E-state index in [-0.39, 0.29) is 11.4 Å². The maximum Gasteiger partial charge on any atom is 0.254 e. The summed E-state index contributed by atoms with van der Waals surface area (Å²) in [6, 6.07) is 15.9. The first kappa shape index (κ1) is 17.6. The summed E-state index contributed by atoms with van der Waals surface area (Å²) in [5, 5.41) is 3.51. The molecule has 0 radical (unpaired) electrons. The quantitative estimate of drug-likeness (QED) is 0.705. The van der Waals surface area contributed by atoms with Crippen LogP contribution in [0.15, 0.2) is 54.6 Å². The van der Waals surface area contributed by atoms with Crippen LogP contribution in [0.1, 0.15) is 35.5 Å². The van der Waals surface area contributed by atoms with Gasteiger partial charge in [0, 0.05) is 10.9 Å². The Hall–Kier alpha value is -3.19. The van der Waals surface area contributed by atoms with E-state index in [1.165, 1.54) is 6.07 Å². The molecular weight excluding hydrogens is 327 g/mol. The molecule has 0 unspecified atom stereocenters. The molecule has 0 atom stereocenters. The topological polar surface area (TPSA) is 42.0 Å². The van der Waals surface area contributed by atoms with Gasteiger partial charge in [-0.25, -0.2) is 9.37 Å². The number of nitrogens with zero attached hydrogens (tertiary/aromatic N) is 1. The third kappa shape index (κ3) is 3.89. The Balaban J connectivity index is 1.86. The van der Waals surface area contributed by atoms with E-state index in [4.69, 9.17) is 0 Å². The Labute approximate surface area is 152 Å². The van der Waals surface area contributed by atoms with Gasteiger partial charge in [0.05, 0.1) is 16.8 Å². The minimum Gasteiger partial charge on any atom is -0.336 e. The van der Waals surface area contributed by atoms with Crippen molar-refractivity contribution in [1.29, 1.82) is 0 Å². The van der Waals surface area contributed by atoms with Gasteiger partial charge in [0.1, 0.15) is 11.3 Å². The maximum absolute atomic E-state index is 13.9. The number of benzene rings is 2. The van der Waals surface area contributed by atoms with Crippen LogP contribution in [0, 0.1) is 24.6 Å². The van der Waals surface area contributed by atoms with Crippen LogP contribution in [0.3, 0.4) is 0 Å². The number of aryl methyl sites for hydroxylation is 1. The van der Waals surface area contributed by atoms with E-state index in [0.29, 0.717) is 16.6 Å². The molecule has 0 aliphatic rings. The summed E-state index contributed by atoms with van der Waals surface area (Å²) in [6.45, 7) is 5.37. The number of aromatic nitrogens is 1. The Bertz CT molecular complexity index is 1030. The number of rotatable bonds is 2. The molecule has 0 fully saturated rings. The summed E-state index contributed by atoms with van der Waals surface area (Å²) in [5.41, 5.74) is 1.32. The molecule has 1 aromatic heterocycles. The van der Waals surface area contributed by atoms with Gasteiger partial charge >= 0.3 is 0 Å². The van der Waals surface area contributed by atoms with Crippen molar-refractivity contribution in [2.75, 3.05) is 0 Å². The molecule has 1 heterocycles. The normalized spacial score (nSPS) is 10.9. The van der Waals surface area contributed by atoms with Crippen molar-refractivity contribution in [2.45, 2.75) is 26.3 Å². The second kappa shape index (κ2) is 6.97. The molecule has 3 aromatic rings. The smallest absolute Gasteiger partial charge is 0.254 e. The van der Waals surface area contributed by atoms with Crippen molar-refractivity contribution >= 4 is 16.8 Å². The Kier molecular flexibility index (Phi) is 4.73. The summed E-state index contributed by atoms with van der Waals surface area (Å²) >= 11 is 0. The molecule has 3 rings (SSSR count). The summed E-state index contributed by atoms with van der Waals surface area (Å²) in [4.78, 5) is 17.0. The standard InChI is InChI=1S/C22H19FN2O/c1-15-18(14-17-10-7-11-19(23)20(17)24-15)21(26)25-22(2,3)13-12-16-8-5-4-6-9-16/h4-11,14H,1-3H3,(H,25,26). The number of pyridine rings is 1. The number of para-hydroxylation sites is 1. The number of halogens is 1. The van der Waals surface area contributed by atoms with Crippen LogP contribution in [-0.2, 0) is 0 Å². The van der Waals surface area contributed by atoms with Crippen molar-refractivity contribution in [3.05, 3.63) is 77.2 Å². The zero-order valence-electron chi connectivity index (χ0n) is 14.9. The maximum atomic E-state index is 13.9. The minimum absolute atomic E-state index is 0.268. The van der Waals surface area contributed by atoms with E-state index < -0.39 is 11.4 Å². The van der Waals surface area contributed by atoms with E-state index in [9.17, 15) is 9.18 Å². The second-order valence-electron chi connectivity index (χ2n) is 6.63. The summed E-state index contributed by atoms with van der Waals surface area (Å²) in [6.07, 6.45) is 0. The lowest BCUT2D eigenvalue weighted by molar-refractivity contribution is 0.0929. The lowest BCUT2D eigenvalue weighted by atomic mass is 10.0. The third-order valence-corrected chi connectivity index (χ3v) is 3.95. The monoisotopic (exact) mass is 346 g/mol. The van der Waals surface area contributed by atoms with Gasteiger partial charge in [-0.1, -0.05) is 42.2 Å². The van der Waals surface area contributed by atoms with Crippen LogP contribution in [0.5, 0.6) is 0 Å². The highest BCUT2D eigenvalue weighted by molar-refractivity contribution is 5.99. The lowest BCUT2D eigenvalue weighted by Crippen LogP contribution is -2.42. The van der Waals surface area contributed by atoms with Gasteiger partial charge in [0.2, 0.25) is 0 Å². The highest BCUT2D eigenvalue weighted by Gasteiger charge is 2.21. The van der Waals surface area contributed by atoms with Crippen molar-refractivity contribution in [3.63, 3.8) is 0 Å². The van der Waals surface area contributed by atoms with Gasteiger partial charge in [-0.05, 0) is 45.0 Å². The van der Waals surface area contributed by atoms with E-state index >= 15 is 0 Å². The zero-order valence-corrected chi connectivity index (χ0v) is 14.9. The summed E-state index contributed by atoms with van der Waals surface area (Å²) < 4.78 is 13.9. The highest BCUT2D eigenvalue weighted by Crippen LogP contribution is 2.19. The fourth-order valence-electron chi connectivity index (χ4n) is 2.62. The van der Waals surface area contributed by atoms with Crippen LogP contribution < -0.4 is 5.32 Å². The largest absolute Gasteiger partial charge is 0.336 e. The molecular formula is C22H19FN2O. The molecule has 0 bridgehead atoms. The van der Waals surface area contributed by atoms with E-state index in [2.05, 4.69) is 22.1 Å². The van der Waals surface area contributed by atoms with Gasteiger partial charge in [0.25, 0.3) is 5.91 Å². The number of fused-ring (bicyclic) bond motifs is 1. The average Bonchev–Trinajstić information content (AvgIpc) is 2.61. The Morgan fingerprint density at radius 1 is 1.12 bits per heavy atom. The molecule has 0 saturated heterocycles. The van der Waals surface area contributed by atoms with E-state index in [1.54, 1.807) is 25.1 Å². The van der Waals surface area contributed by atoms with Gasteiger partial charge in [-0.3, -0.25) is 4.79 Å². The molecule has 1 amide bonds. The zero-order chi connectivity index (χ0) is 18.7. The van der Waals surface area contributed by atoms with Gasteiger partial charge < -0.3 is 5.32 Å². The highest BCUT2D eigenvalue weighted by atomic mass is 19.1. The van der Waals surface area contributed by atoms with Crippen LogP contribution in [0.25, 0.3) is 10.9 Å². The van der Waals surface area contributed by atoms with Crippen molar-refractivity contribution in [3.8, 4) is 11.8 Å². The predicted octanol–water partition coefficient (Wildman–Crippen LogP) is 4.24. The molecule has 0 spiro atoms. The predicted molar refractivity (Wildman–Crippen MR) is 101 cm³/mol. The molecule has 0 saturated carbocycles. The molecule has 130 valence electrons. The van der Waals surface area contributed by atoms with E-state index in [1.807, 2.05) is 44.2 Å². The van der Waals surface area contributed by atoms with Crippen LogP contribution in [-0.4, -0.2) is 16.4 Å². The molecule has 3 nitrogen and oxygen atoms in total. The van der Waals surface area contributed by atoms with Gasteiger partial charge in [-0.15, -0.1) is 0 Å². The average molecular weight is 346 g/mol. The summed E-state index contributed by atoms with van der Waals surface area (Å²) in [7, 11) is 0.